The summed E-state index contributed by atoms with van der Waals surface area (Å²) < 4.78 is 5.78. The molecule has 2 aromatic carbocycles. The molecule has 110 valence electrons. The molecule has 0 aliphatic heterocycles. The summed E-state index contributed by atoms with van der Waals surface area (Å²) in [5.74, 6) is 1.26. The maximum Gasteiger partial charge on any atom is 0.200 e. The van der Waals surface area contributed by atoms with E-state index in [9.17, 15) is 4.79 Å². The summed E-state index contributed by atoms with van der Waals surface area (Å²) in [5, 5.41) is 0. The third-order valence-corrected chi connectivity index (χ3v) is 3.87. The fraction of sp³-hybridized carbons (Fsp3) is 0.316. The van der Waals surface area contributed by atoms with E-state index in [-0.39, 0.29) is 12.4 Å². The van der Waals surface area contributed by atoms with Gasteiger partial charge in [0, 0.05) is 5.56 Å². The first kappa shape index (κ1) is 15.3. The quantitative estimate of drug-likeness (QED) is 0.713. The van der Waals surface area contributed by atoms with E-state index in [2.05, 4.69) is 19.9 Å². The van der Waals surface area contributed by atoms with Crippen LogP contribution in [0.25, 0.3) is 0 Å². The molecule has 0 bridgehead atoms. The number of benzene rings is 2. The predicted molar refractivity (Wildman–Crippen MR) is 86.2 cm³/mol. The summed E-state index contributed by atoms with van der Waals surface area (Å²) in [6.07, 6.45) is 1.05. The third-order valence-electron chi connectivity index (χ3n) is 3.87. The lowest BCUT2D eigenvalue weighted by molar-refractivity contribution is 0.0920. The Hall–Kier alpha value is -2.09. The van der Waals surface area contributed by atoms with Crippen LogP contribution in [0, 0.1) is 6.92 Å². The van der Waals surface area contributed by atoms with Crippen LogP contribution in [0.15, 0.2) is 48.5 Å². The molecule has 0 N–H and O–H groups in total. The summed E-state index contributed by atoms with van der Waals surface area (Å²) in [6.45, 7) is 6.35. The van der Waals surface area contributed by atoms with Crippen LogP contribution in [0.2, 0.25) is 0 Å². The molecular formula is C19H22O2. The Balaban J connectivity index is 2.10. The topological polar surface area (TPSA) is 26.3 Å². The van der Waals surface area contributed by atoms with Gasteiger partial charge in [-0.3, -0.25) is 4.79 Å². The summed E-state index contributed by atoms with van der Waals surface area (Å²) in [5.41, 5.74) is 2.89. The average molecular weight is 282 g/mol. The highest BCUT2D eigenvalue weighted by atomic mass is 16.5. The second kappa shape index (κ2) is 7.07. The van der Waals surface area contributed by atoms with Crippen LogP contribution in [0.3, 0.4) is 0 Å². The number of hydrogen-bond donors (Lipinski definition) is 0. The molecule has 0 heterocycles. The molecule has 0 saturated heterocycles. The first-order valence-electron chi connectivity index (χ1n) is 7.44. The van der Waals surface area contributed by atoms with Crippen molar-refractivity contribution in [1.82, 2.24) is 0 Å². The second-order valence-electron chi connectivity index (χ2n) is 5.37. The fourth-order valence-electron chi connectivity index (χ4n) is 2.35. The van der Waals surface area contributed by atoms with E-state index in [0.29, 0.717) is 5.92 Å². The molecule has 2 nitrogen and oxygen atoms in total. The van der Waals surface area contributed by atoms with E-state index in [4.69, 9.17) is 4.74 Å². The zero-order valence-corrected chi connectivity index (χ0v) is 12.9. The Morgan fingerprint density at radius 1 is 1.10 bits per heavy atom. The number of carbonyl (C=O) groups excluding carboxylic acids is 1. The Labute approximate surface area is 126 Å². The van der Waals surface area contributed by atoms with Crippen molar-refractivity contribution in [2.24, 2.45) is 0 Å². The normalized spacial score (nSPS) is 12.0. The maximum absolute atomic E-state index is 12.3. The van der Waals surface area contributed by atoms with Gasteiger partial charge in [0.15, 0.2) is 12.4 Å². The van der Waals surface area contributed by atoms with Crippen LogP contribution < -0.4 is 4.74 Å². The summed E-state index contributed by atoms with van der Waals surface area (Å²) >= 11 is 0. The smallest absolute Gasteiger partial charge is 0.200 e. The van der Waals surface area contributed by atoms with Crippen LogP contribution in [0.4, 0.5) is 0 Å². The summed E-state index contributed by atoms with van der Waals surface area (Å²) in [6, 6.07) is 15.6. The van der Waals surface area contributed by atoms with Gasteiger partial charge in [-0.1, -0.05) is 56.3 Å². The van der Waals surface area contributed by atoms with E-state index in [1.165, 1.54) is 0 Å². The van der Waals surface area contributed by atoms with Crippen molar-refractivity contribution in [3.05, 3.63) is 65.2 Å². The Morgan fingerprint density at radius 2 is 1.76 bits per heavy atom. The minimum atomic E-state index is 0.0204. The van der Waals surface area contributed by atoms with Gasteiger partial charge in [-0.05, 0) is 36.5 Å². The van der Waals surface area contributed by atoms with E-state index in [0.717, 1.165) is 28.9 Å². The van der Waals surface area contributed by atoms with E-state index in [1.54, 1.807) is 0 Å². The molecule has 0 aliphatic carbocycles. The first-order chi connectivity index (χ1) is 10.1. The first-order valence-corrected chi connectivity index (χ1v) is 7.44. The molecule has 0 spiro atoms. The fourth-order valence-corrected chi connectivity index (χ4v) is 2.35. The van der Waals surface area contributed by atoms with Gasteiger partial charge >= 0.3 is 0 Å². The highest BCUT2D eigenvalue weighted by Crippen LogP contribution is 2.28. The third kappa shape index (κ3) is 3.72. The predicted octanol–water partition coefficient (Wildman–Crippen LogP) is 4.77. The van der Waals surface area contributed by atoms with Gasteiger partial charge in [0.2, 0.25) is 0 Å². The molecule has 2 rings (SSSR count). The molecule has 0 saturated carbocycles. The van der Waals surface area contributed by atoms with Gasteiger partial charge < -0.3 is 4.74 Å². The number of hydrogen-bond acceptors (Lipinski definition) is 2. The number of ether oxygens (including phenoxy) is 1. The molecule has 0 aliphatic rings. The minimum Gasteiger partial charge on any atom is -0.485 e. The SMILES string of the molecule is CCC(C)c1ccccc1OCC(=O)c1ccccc1C. The minimum absolute atomic E-state index is 0.0204. The van der Waals surface area contributed by atoms with Gasteiger partial charge in [-0.25, -0.2) is 0 Å². The molecule has 0 fully saturated rings. The monoisotopic (exact) mass is 282 g/mol. The van der Waals surface area contributed by atoms with Gasteiger partial charge in [-0.2, -0.15) is 0 Å². The van der Waals surface area contributed by atoms with E-state index in [1.807, 2.05) is 49.4 Å². The van der Waals surface area contributed by atoms with Gasteiger partial charge in [0.25, 0.3) is 0 Å². The van der Waals surface area contributed by atoms with Crippen molar-refractivity contribution in [3.63, 3.8) is 0 Å². The lowest BCUT2D eigenvalue weighted by Gasteiger charge is -2.15. The van der Waals surface area contributed by atoms with Crippen LogP contribution in [-0.2, 0) is 0 Å². The van der Waals surface area contributed by atoms with Crippen LogP contribution in [0.5, 0.6) is 5.75 Å². The lowest BCUT2D eigenvalue weighted by Crippen LogP contribution is -2.13. The number of ketones is 1. The Kier molecular flexibility index (Phi) is 5.15. The average Bonchev–Trinajstić information content (AvgIpc) is 2.52. The van der Waals surface area contributed by atoms with Gasteiger partial charge in [0.1, 0.15) is 5.75 Å². The summed E-state index contributed by atoms with van der Waals surface area (Å²) in [7, 11) is 0. The van der Waals surface area contributed by atoms with Crippen molar-refractivity contribution in [2.45, 2.75) is 33.1 Å². The molecule has 2 heteroatoms. The van der Waals surface area contributed by atoms with Gasteiger partial charge in [-0.15, -0.1) is 0 Å². The number of para-hydroxylation sites is 1. The zero-order valence-electron chi connectivity index (χ0n) is 12.9. The van der Waals surface area contributed by atoms with Crippen LogP contribution in [-0.4, -0.2) is 12.4 Å². The summed E-state index contributed by atoms with van der Waals surface area (Å²) in [4.78, 5) is 12.3. The van der Waals surface area contributed by atoms with E-state index >= 15 is 0 Å². The van der Waals surface area contributed by atoms with Crippen molar-refractivity contribution in [3.8, 4) is 5.75 Å². The molecule has 1 atom stereocenters. The lowest BCUT2D eigenvalue weighted by atomic mass is 9.98. The number of carbonyl (C=O) groups is 1. The van der Waals surface area contributed by atoms with Crippen molar-refractivity contribution >= 4 is 5.78 Å². The Morgan fingerprint density at radius 3 is 2.48 bits per heavy atom. The van der Waals surface area contributed by atoms with Crippen LogP contribution in [0.1, 0.15) is 47.7 Å². The molecule has 0 radical (unpaired) electrons. The molecule has 1 unspecified atom stereocenters. The second-order valence-corrected chi connectivity index (χ2v) is 5.37. The molecule has 21 heavy (non-hydrogen) atoms. The Bertz CT molecular complexity index is 616. The molecule has 2 aromatic rings. The maximum atomic E-state index is 12.3. The molecule has 0 amide bonds. The standard InChI is InChI=1S/C19H22O2/c1-4-14(2)17-11-7-8-12-19(17)21-13-18(20)16-10-6-5-9-15(16)3/h5-12,14H,4,13H2,1-3H3. The number of Topliss-reactive ketones (excluding diaryl/α,β-unsaturated/α-hetero) is 1. The van der Waals surface area contributed by atoms with E-state index < -0.39 is 0 Å². The van der Waals surface area contributed by atoms with Gasteiger partial charge in [0.05, 0.1) is 0 Å². The molecule has 0 aromatic heterocycles. The van der Waals surface area contributed by atoms with Crippen molar-refractivity contribution < 1.29 is 9.53 Å². The van der Waals surface area contributed by atoms with Crippen LogP contribution >= 0.6 is 0 Å². The molecular weight excluding hydrogens is 260 g/mol. The highest BCUT2D eigenvalue weighted by Gasteiger charge is 2.13. The number of aryl methyl sites for hydroxylation is 1. The van der Waals surface area contributed by atoms with Crippen molar-refractivity contribution in [2.75, 3.05) is 6.61 Å². The zero-order chi connectivity index (χ0) is 15.2. The highest BCUT2D eigenvalue weighted by molar-refractivity contribution is 5.98. The largest absolute Gasteiger partial charge is 0.485 e. The van der Waals surface area contributed by atoms with Crippen molar-refractivity contribution in [1.29, 1.82) is 0 Å². The number of rotatable bonds is 6.